The molecule has 1 radical (unpaired) electrons. The summed E-state index contributed by atoms with van der Waals surface area (Å²) in [6.07, 6.45) is 8.41. The van der Waals surface area contributed by atoms with Gasteiger partial charge >= 0.3 is 0 Å². The van der Waals surface area contributed by atoms with E-state index in [-0.39, 0.29) is 0 Å². The molecule has 1 aliphatic carbocycles. The lowest BCUT2D eigenvalue weighted by atomic mass is 10.1. The first kappa shape index (κ1) is 8.06. The van der Waals surface area contributed by atoms with E-state index >= 15 is 0 Å². The van der Waals surface area contributed by atoms with E-state index in [0.717, 1.165) is 6.04 Å². The summed E-state index contributed by atoms with van der Waals surface area (Å²) in [6.45, 7) is 0. The van der Waals surface area contributed by atoms with Gasteiger partial charge in [0.1, 0.15) is 0 Å². The zero-order valence-corrected chi connectivity index (χ0v) is 6.97. The van der Waals surface area contributed by atoms with E-state index in [2.05, 4.69) is 19.0 Å². The van der Waals surface area contributed by atoms with Crippen molar-refractivity contribution < 1.29 is 0 Å². The zero-order chi connectivity index (χ0) is 7.40. The van der Waals surface area contributed by atoms with Crippen molar-refractivity contribution >= 4 is 0 Å². The molecule has 1 fully saturated rings. The molecule has 0 aromatic heterocycles. The minimum atomic E-state index is 0.766. The first-order chi connectivity index (χ1) is 4.80. The van der Waals surface area contributed by atoms with Crippen molar-refractivity contribution in [1.29, 1.82) is 0 Å². The fourth-order valence-corrected chi connectivity index (χ4v) is 1.70. The Kier molecular flexibility index (Phi) is 3.20. The van der Waals surface area contributed by atoms with Gasteiger partial charge in [0, 0.05) is 13.1 Å². The van der Waals surface area contributed by atoms with Gasteiger partial charge in [-0.05, 0) is 19.9 Å². The van der Waals surface area contributed by atoms with E-state index in [1.807, 2.05) is 0 Å². The number of rotatable bonds is 1. The first-order valence-corrected chi connectivity index (χ1v) is 4.34. The SMILES string of the molecule is [CH2]N(C)C1CCCCCC1. The molecule has 0 amide bonds. The van der Waals surface area contributed by atoms with Crippen LogP contribution in [0.4, 0.5) is 0 Å². The molecule has 0 heterocycles. The zero-order valence-electron chi connectivity index (χ0n) is 6.97. The third-order valence-electron chi connectivity index (χ3n) is 2.45. The van der Waals surface area contributed by atoms with E-state index in [1.165, 1.54) is 38.5 Å². The van der Waals surface area contributed by atoms with Crippen LogP contribution in [0.5, 0.6) is 0 Å². The molecule has 0 aromatic rings. The van der Waals surface area contributed by atoms with Crippen molar-refractivity contribution in [2.24, 2.45) is 0 Å². The maximum atomic E-state index is 3.94. The van der Waals surface area contributed by atoms with E-state index in [1.54, 1.807) is 0 Å². The predicted octanol–water partition coefficient (Wildman–Crippen LogP) is 2.43. The third kappa shape index (κ3) is 2.30. The van der Waals surface area contributed by atoms with Crippen LogP contribution in [-0.2, 0) is 0 Å². The average molecular weight is 140 g/mol. The van der Waals surface area contributed by atoms with Crippen LogP contribution in [-0.4, -0.2) is 18.0 Å². The van der Waals surface area contributed by atoms with Crippen LogP contribution < -0.4 is 0 Å². The molecule has 0 saturated heterocycles. The van der Waals surface area contributed by atoms with Gasteiger partial charge in [-0.25, -0.2) is 0 Å². The molecule has 1 rings (SSSR count). The molecule has 0 atom stereocenters. The lowest BCUT2D eigenvalue weighted by molar-refractivity contribution is 0.294. The molecule has 59 valence electrons. The van der Waals surface area contributed by atoms with E-state index in [9.17, 15) is 0 Å². The van der Waals surface area contributed by atoms with Crippen LogP contribution in [0.25, 0.3) is 0 Å². The highest BCUT2D eigenvalue weighted by molar-refractivity contribution is 4.71. The number of hydrogen-bond acceptors (Lipinski definition) is 1. The van der Waals surface area contributed by atoms with Crippen molar-refractivity contribution in [2.45, 2.75) is 44.6 Å². The highest BCUT2D eigenvalue weighted by Gasteiger charge is 2.12. The maximum Gasteiger partial charge on any atom is 0.0109 e. The summed E-state index contributed by atoms with van der Waals surface area (Å²) in [6, 6.07) is 0.766. The van der Waals surface area contributed by atoms with Crippen LogP contribution in [0.3, 0.4) is 0 Å². The Hall–Kier alpha value is -0.0400. The maximum absolute atomic E-state index is 3.94. The van der Waals surface area contributed by atoms with Gasteiger partial charge in [0.25, 0.3) is 0 Å². The minimum Gasteiger partial charge on any atom is -0.302 e. The van der Waals surface area contributed by atoms with Crippen molar-refractivity contribution in [3.05, 3.63) is 7.05 Å². The van der Waals surface area contributed by atoms with Gasteiger partial charge in [0.2, 0.25) is 0 Å². The van der Waals surface area contributed by atoms with Crippen LogP contribution in [0.1, 0.15) is 38.5 Å². The van der Waals surface area contributed by atoms with Crippen molar-refractivity contribution in [1.82, 2.24) is 4.90 Å². The van der Waals surface area contributed by atoms with Gasteiger partial charge in [-0.1, -0.05) is 25.7 Å². The Balaban J connectivity index is 2.28. The van der Waals surface area contributed by atoms with Crippen LogP contribution in [0.2, 0.25) is 0 Å². The van der Waals surface area contributed by atoms with Gasteiger partial charge in [0.15, 0.2) is 0 Å². The quantitative estimate of drug-likeness (QED) is 0.506. The monoisotopic (exact) mass is 140 g/mol. The van der Waals surface area contributed by atoms with E-state index in [4.69, 9.17) is 0 Å². The average Bonchev–Trinajstić information content (AvgIpc) is 2.12. The molecule has 1 nitrogen and oxygen atoms in total. The van der Waals surface area contributed by atoms with Gasteiger partial charge in [-0.2, -0.15) is 0 Å². The molecule has 0 aliphatic heterocycles. The Morgan fingerprint density at radius 1 is 1.10 bits per heavy atom. The normalized spacial score (nSPS) is 23.1. The van der Waals surface area contributed by atoms with Crippen molar-refractivity contribution in [3.8, 4) is 0 Å². The molecule has 0 aromatic carbocycles. The summed E-state index contributed by atoms with van der Waals surface area (Å²) < 4.78 is 0. The summed E-state index contributed by atoms with van der Waals surface area (Å²) in [7, 11) is 6.03. The largest absolute Gasteiger partial charge is 0.302 e. The molecule has 1 heteroatoms. The second-order valence-corrected chi connectivity index (χ2v) is 3.40. The molecule has 1 aliphatic rings. The Morgan fingerprint density at radius 3 is 2.00 bits per heavy atom. The number of hydrogen-bond donors (Lipinski definition) is 0. The molecule has 0 unspecified atom stereocenters. The Labute approximate surface area is 64.4 Å². The standard InChI is InChI=1S/C9H18N/c1-10(2)9-7-5-3-4-6-8-9/h9H,1,3-8H2,2H3. The Morgan fingerprint density at radius 2 is 1.60 bits per heavy atom. The third-order valence-corrected chi connectivity index (χ3v) is 2.45. The molecular weight excluding hydrogens is 122 g/mol. The van der Waals surface area contributed by atoms with Crippen LogP contribution >= 0.6 is 0 Å². The minimum absolute atomic E-state index is 0.766. The van der Waals surface area contributed by atoms with E-state index < -0.39 is 0 Å². The van der Waals surface area contributed by atoms with E-state index in [0.29, 0.717) is 0 Å². The van der Waals surface area contributed by atoms with Crippen LogP contribution in [0.15, 0.2) is 0 Å². The smallest absolute Gasteiger partial charge is 0.0109 e. The fourth-order valence-electron chi connectivity index (χ4n) is 1.70. The lowest BCUT2D eigenvalue weighted by Gasteiger charge is -2.21. The molecular formula is C9H18N. The van der Waals surface area contributed by atoms with Gasteiger partial charge in [0.05, 0.1) is 0 Å². The van der Waals surface area contributed by atoms with Crippen molar-refractivity contribution in [3.63, 3.8) is 0 Å². The summed E-state index contributed by atoms with van der Waals surface area (Å²) in [5.41, 5.74) is 0. The van der Waals surface area contributed by atoms with Crippen LogP contribution in [0, 0.1) is 7.05 Å². The second-order valence-electron chi connectivity index (χ2n) is 3.40. The molecule has 1 saturated carbocycles. The summed E-state index contributed by atoms with van der Waals surface area (Å²) in [4.78, 5) is 2.13. The van der Waals surface area contributed by atoms with Gasteiger partial charge in [-0.15, -0.1) is 0 Å². The first-order valence-electron chi connectivity index (χ1n) is 4.34. The van der Waals surface area contributed by atoms with Gasteiger partial charge in [-0.3, -0.25) is 0 Å². The molecule has 0 N–H and O–H groups in total. The molecule has 10 heavy (non-hydrogen) atoms. The number of nitrogens with zero attached hydrogens (tertiary/aromatic N) is 1. The Bertz CT molecular complexity index is 80.7. The molecule has 0 bridgehead atoms. The summed E-state index contributed by atoms with van der Waals surface area (Å²) >= 11 is 0. The fraction of sp³-hybridized carbons (Fsp3) is 0.889. The highest BCUT2D eigenvalue weighted by atomic mass is 15.1. The van der Waals surface area contributed by atoms with Crippen molar-refractivity contribution in [2.75, 3.05) is 7.05 Å². The lowest BCUT2D eigenvalue weighted by Crippen LogP contribution is -2.24. The predicted molar refractivity (Wildman–Crippen MR) is 44.6 cm³/mol. The summed E-state index contributed by atoms with van der Waals surface area (Å²) in [5, 5.41) is 0. The second kappa shape index (κ2) is 3.97. The summed E-state index contributed by atoms with van der Waals surface area (Å²) in [5.74, 6) is 0. The molecule has 0 spiro atoms. The topological polar surface area (TPSA) is 3.24 Å². The van der Waals surface area contributed by atoms with Gasteiger partial charge < -0.3 is 4.90 Å². The highest BCUT2D eigenvalue weighted by Crippen LogP contribution is 2.20.